The van der Waals surface area contributed by atoms with Crippen LogP contribution in [-0.2, 0) is 0 Å². The van der Waals surface area contributed by atoms with E-state index in [9.17, 15) is 18.9 Å². The molecule has 0 aliphatic carbocycles. The molecule has 0 radical (unpaired) electrons. The molecule has 0 fully saturated rings. The highest BCUT2D eigenvalue weighted by molar-refractivity contribution is 5.81. The first kappa shape index (κ1) is 14.8. The number of nitrogens with zero attached hydrogens (tertiary/aromatic N) is 2. The van der Waals surface area contributed by atoms with Crippen LogP contribution in [0.4, 0.5) is 14.5 Å². The Bertz CT molecular complexity index is 939. The van der Waals surface area contributed by atoms with Gasteiger partial charge in [-0.1, -0.05) is 24.3 Å². The third-order valence-corrected chi connectivity index (χ3v) is 3.28. The van der Waals surface area contributed by atoms with Crippen LogP contribution in [0.2, 0.25) is 0 Å². The van der Waals surface area contributed by atoms with E-state index in [1.807, 2.05) is 0 Å². The molecule has 0 bridgehead atoms. The molecule has 0 unspecified atom stereocenters. The van der Waals surface area contributed by atoms with Crippen LogP contribution in [0.15, 0.2) is 48.5 Å². The topological polar surface area (TPSA) is 56.0 Å². The first-order chi connectivity index (χ1) is 11.0. The van der Waals surface area contributed by atoms with Gasteiger partial charge in [0, 0.05) is 23.6 Å². The van der Waals surface area contributed by atoms with Gasteiger partial charge >= 0.3 is 0 Å². The van der Waals surface area contributed by atoms with E-state index in [1.54, 1.807) is 36.4 Å². The lowest BCUT2D eigenvalue weighted by molar-refractivity contribution is -0.384. The molecule has 0 aliphatic heterocycles. The number of nitro groups is 1. The minimum Gasteiger partial charge on any atom is -0.258 e. The molecule has 0 N–H and O–H groups in total. The zero-order valence-corrected chi connectivity index (χ0v) is 11.7. The number of hydrogen-bond acceptors (Lipinski definition) is 3. The molecule has 0 spiro atoms. The normalized spacial score (nSPS) is 11.2. The second kappa shape index (κ2) is 5.92. The van der Waals surface area contributed by atoms with E-state index >= 15 is 0 Å². The third kappa shape index (κ3) is 3.21. The summed E-state index contributed by atoms with van der Waals surface area (Å²) in [6.45, 7) is 0. The van der Waals surface area contributed by atoms with E-state index in [1.165, 1.54) is 12.1 Å². The average Bonchev–Trinajstić information content (AvgIpc) is 2.54. The Morgan fingerprint density at radius 2 is 1.78 bits per heavy atom. The number of fused-ring (bicyclic) bond motifs is 1. The minimum atomic E-state index is -0.954. The van der Waals surface area contributed by atoms with Gasteiger partial charge in [-0.2, -0.15) is 0 Å². The predicted molar refractivity (Wildman–Crippen MR) is 83.7 cm³/mol. The number of rotatable bonds is 3. The Morgan fingerprint density at radius 1 is 1.00 bits per heavy atom. The van der Waals surface area contributed by atoms with Crippen molar-refractivity contribution in [1.29, 1.82) is 0 Å². The van der Waals surface area contributed by atoms with E-state index < -0.39 is 16.6 Å². The zero-order valence-electron chi connectivity index (χ0n) is 11.7. The maximum Gasteiger partial charge on any atom is 0.270 e. The van der Waals surface area contributed by atoms with Crippen LogP contribution in [0.1, 0.15) is 11.3 Å². The highest BCUT2D eigenvalue weighted by Crippen LogP contribution is 2.19. The van der Waals surface area contributed by atoms with E-state index in [2.05, 4.69) is 4.98 Å². The molecule has 1 aromatic heterocycles. The summed E-state index contributed by atoms with van der Waals surface area (Å²) in [4.78, 5) is 14.5. The first-order valence-electron chi connectivity index (χ1n) is 6.71. The molecule has 0 saturated heterocycles. The van der Waals surface area contributed by atoms with Gasteiger partial charge in [0.05, 0.1) is 16.1 Å². The summed E-state index contributed by atoms with van der Waals surface area (Å²) in [5.41, 5.74) is 1.52. The smallest absolute Gasteiger partial charge is 0.258 e. The summed E-state index contributed by atoms with van der Waals surface area (Å²) >= 11 is 0. The molecule has 2 aromatic carbocycles. The zero-order chi connectivity index (χ0) is 16.4. The van der Waals surface area contributed by atoms with Crippen molar-refractivity contribution < 1.29 is 13.7 Å². The third-order valence-electron chi connectivity index (χ3n) is 3.28. The summed E-state index contributed by atoms with van der Waals surface area (Å²) in [6, 6.07) is 11.6. The Morgan fingerprint density at radius 3 is 2.57 bits per heavy atom. The van der Waals surface area contributed by atoms with Gasteiger partial charge in [0.1, 0.15) is 0 Å². The van der Waals surface area contributed by atoms with Crippen molar-refractivity contribution in [2.24, 2.45) is 0 Å². The van der Waals surface area contributed by atoms with Gasteiger partial charge in [-0.05, 0) is 23.8 Å². The number of hydrogen-bond donors (Lipinski definition) is 0. The maximum atomic E-state index is 13.3. The van der Waals surface area contributed by atoms with Gasteiger partial charge in [0.15, 0.2) is 11.6 Å². The van der Waals surface area contributed by atoms with Crippen LogP contribution in [0, 0.1) is 21.7 Å². The van der Waals surface area contributed by atoms with Crippen molar-refractivity contribution in [1.82, 2.24) is 4.98 Å². The largest absolute Gasteiger partial charge is 0.270 e. The van der Waals surface area contributed by atoms with Crippen molar-refractivity contribution in [3.05, 3.63) is 81.5 Å². The van der Waals surface area contributed by atoms with Crippen molar-refractivity contribution in [3.63, 3.8) is 0 Å². The molecule has 114 valence electrons. The van der Waals surface area contributed by atoms with Crippen molar-refractivity contribution in [2.45, 2.75) is 0 Å². The molecule has 0 aliphatic rings. The van der Waals surface area contributed by atoms with Crippen LogP contribution in [0.5, 0.6) is 0 Å². The molecule has 4 nitrogen and oxygen atoms in total. The molecule has 23 heavy (non-hydrogen) atoms. The van der Waals surface area contributed by atoms with Gasteiger partial charge in [0.25, 0.3) is 5.69 Å². The van der Waals surface area contributed by atoms with Crippen LogP contribution >= 0.6 is 0 Å². The Labute approximate surface area is 129 Å². The lowest BCUT2D eigenvalue weighted by Crippen LogP contribution is -1.89. The van der Waals surface area contributed by atoms with Gasteiger partial charge in [-0.3, -0.25) is 10.1 Å². The van der Waals surface area contributed by atoms with Crippen molar-refractivity contribution in [2.75, 3.05) is 0 Å². The molecule has 3 rings (SSSR count). The standard InChI is InChI=1S/C17H10F2N2O2/c18-15-9-12-5-7-13(20-17(12)10-16(15)19)6-4-11-2-1-3-14(8-11)21(22)23/h1-10H/b6-4+. The van der Waals surface area contributed by atoms with E-state index in [-0.39, 0.29) is 5.69 Å². The van der Waals surface area contributed by atoms with Crippen LogP contribution in [0.25, 0.3) is 23.1 Å². The Kier molecular flexibility index (Phi) is 3.80. The average molecular weight is 312 g/mol. The Balaban J connectivity index is 1.93. The second-order valence-corrected chi connectivity index (χ2v) is 4.88. The minimum absolute atomic E-state index is 0.00355. The van der Waals surface area contributed by atoms with Crippen LogP contribution < -0.4 is 0 Å². The number of aromatic nitrogens is 1. The predicted octanol–water partition coefficient (Wildman–Crippen LogP) is 4.59. The van der Waals surface area contributed by atoms with Gasteiger partial charge in [-0.15, -0.1) is 0 Å². The van der Waals surface area contributed by atoms with Crippen molar-refractivity contribution >= 4 is 28.7 Å². The fourth-order valence-corrected chi connectivity index (χ4v) is 2.15. The van der Waals surface area contributed by atoms with Gasteiger partial charge < -0.3 is 0 Å². The number of nitro benzene ring substituents is 1. The fourth-order valence-electron chi connectivity index (χ4n) is 2.15. The van der Waals surface area contributed by atoms with Crippen LogP contribution in [0.3, 0.4) is 0 Å². The summed E-state index contributed by atoms with van der Waals surface area (Å²) < 4.78 is 26.4. The lowest BCUT2D eigenvalue weighted by atomic mass is 10.1. The molecule has 1 heterocycles. The highest BCUT2D eigenvalue weighted by Gasteiger charge is 2.06. The monoisotopic (exact) mass is 312 g/mol. The summed E-state index contributed by atoms with van der Waals surface area (Å²) in [5.74, 6) is -1.87. The fraction of sp³-hybridized carbons (Fsp3) is 0. The number of non-ortho nitro benzene ring substituents is 1. The quantitative estimate of drug-likeness (QED) is 0.525. The van der Waals surface area contributed by atoms with Gasteiger partial charge in [0.2, 0.25) is 0 Å². The van der Waals surface area contributed by atoms with E-state index in [4.69, 9.17) is 0 Å². The number of pyridine rings is 1. The number of benzene rings is 2. The highest BCUT2D eigenvalue weighted by atomic mass is 19.2. The van der Waals surface area contributed by atoms with E-state index in [0.29, 0.717) is 22.2 Å². The van der Waals surface area contributed by atoms with E-state index in [0.717, 1.165) is 12.1 Å². The molecular formula is C17H10F2N2O2. The molecule has 3 aromatic rings. The Hall–Kier alpha value is -3.15. The van der Waals surface area contributed by atoms with Crippen LogP contribution in [-0.4, -0.2) is 9.91 Å². The van der Waals surface area contributed by atoms with Crippen molar-refractivity contribution in [3.8, 4) is 0 Å². The lowest BCUT2D eigenvalue weighted by Gasteiger charge is -2.00. The maximum absolute atomic E-state index is 13.3. The molecule has 0 saturated carbocycles. The SMILES string of the molecule is O=[N+]([O-])c1cccc(/C=C/c2ccc3cc(F)c(F)cc3n2)c1. The number of halogens is 2. The summed E-state index contributed by atoms with van der Waals surface area (Å²) in [5, 5.41) is 11.2. The summed E-state index contributed by atoms with van der Waals surface area (Å²) in [6.07, 6.45) is 3.32. The van der Waals surface area contributed by atoms with Gasteiger partial charge in [-0.25, -0.2) is 13.8 Å². The molecule has 6 heteroatoms. The molecule has 0 amide bonds. The second-order valence-electron chi connectivity index (χ2n) is 4.88. The summed E-state index contributed by atoms with van der Waals surface area (Å²) in [7, 11) is 0. The first-order valence-corrected chi connectivity index (χ1v) is 6.71. The molecule has 0 atom stereocenters. The molecular weight excluding hydrogens is 302 g/mol.